The minimum Gasteiger partial charge on any atom is -0.370 e. The summed E-state index contributed by atoms with van der Waals surface area (Å²) in [4.78, 5) is 8.46. The molecule has 1 aliphatic rings. The number of aliphatic imine (C=N–C) groups is 1. The molecule has 1 aromatic heterocycles. The van der Waals surface area contributed by atoms with Gasteiger partial charge in [0, 0.05) is 10.6 Å². The highest BCUT2D eigenvalue weighted by Crippen LogP contribution is 2.28. The number of thiophene rings is 1. The normalized spacial score (nSPS) is 16.8. The molecule has 3 rings (SSSR count). The lowest BCUT2D eigenvalue weighted by Gasteiger charge is -2.25. The summed E-state index contributed by atoms with van der Waals surface area (Å²) in [5.41, 5.74) is 7.00. The van der Waals surface area contributed by atoms with Crippen LogP contribution in [-0.4, -0.2) is 30.5 Å². The van der Waals surface area contributed by atoms with E-state index < -0.39 is 0 Å². The highest BCUT2D eigenvalue weighted by atomic mass is 127. The van der Waals surface area contributed by atoms with E-state index in [0.29, 0.717) is 18.5 Å². The number of benzene rings is 1. The highest BCUT2D eigenvalue weighted by molar-refractivity contribution is 14.0. The topological polar surface area (TPSA) is 53.6 Å². The smallest absolute Gasteiger partial charge is 0.193 e. The molecule has 3 N–H and O–H groups in total. The molecule has 23 heavy (non-hydrogen) atoms. The number of rotatable bonds is 5. The Balaban J connectivity index is 0.00000192. The van der Waals surface area contributed by atoms with Crippen LogP contribution in [0.5, 0.6) is 0 Å². The van der Waals surface area contributed by atoms with Gasteiger partial charge in [0.1, 0.15) is 0 Å². The second-order valence-corrected chi connectivity index (χ2v) is 6.47. The van der Waals surface area contributed by atoms with E-state index in [2.05, 4.69) is 32.7 Å². The first-order valence-corrected chi connectivity index (χ1v) is 8.60. The molecule has 1 atom stereocenters. The zero-order valence-corrected chi connectivity index (χ0v) is 16.2. The minimum atomic E-state index is 0. The fourth-order valence-corrected chi connectivity index (χ4v) is 3.67. The number of nitrogens with two attached hydrogens (primary N) is 1. The lowest BCUT2D eigenvalue weighted by atomic mass is 10.2. The van der Waals surface area contributed by atoms with E-state index in [4.69, 9.17) is 5.73 Å². The van der Waals surface area contributed by atoms with Crippen LogP contribution in [-0.2, 0) is 0 Å². The van der Waals surface area contributed by atoms with Crippen LogP contribution in [0.3, 0.4) is 0 Å². The molecule has 0 amide bonds. The van der Waals surface area contributed by atoms with Crippen molar-refractivity contribution in [1.82, 2.24) is 4.90 Å². The predicted molar refractivity (Wildman–Crippen MR) is 110 cm³/mol. The van der Waals surface area contributed by atoms with Gasteiger partial charge in [0.15, 0.2) is 5.96 Å². The van der Waals surface area contributed by atoms with Crippen LogP contribution in [0, 0.1) is 0 Å². The van der Waals surface area contributed by atoms with Gasteiger partial charge in [-0.1, -0.05) is 24.3 Å². The third-order valence-corrected chi connectivity index (χ3v) is 4.91. The number of nitrogens with zero attached hydrogens (tertiary/aromatic N) is 2. The molecule has 0 saturated carbocycles. The first-order valence-electron chi connectivity index (χ1n) is 7.72. The third kappa shape index (κ3) is 5.19. The summed E-state index contributed by atoms with van der Waals surface area (Å²) in [7, 11) is 0. The van der Waals surface area contributed by atoms with Gasteiger partial charge in [-0.3, -0.25) is 9.89 Å². The van der Waals surface area contributed by atoms with Gasteiger partial charge in [0.25, 0.3) is 0 Å². The van der Waals surface area contributed by atoms with E-state index in [1.165, 1.54) is 17.7 Å². The van der Waals surface area contributed by atoms with Crippen molar-refractivity contribution in [1.29, 1.82) is 0 Å². The first kappa shape index (κ1) is 18.2. The van der Waals surface area contributed by atoms with Gasteiger partial charge in [-0.15, -0.1) is 35.3 Å². The highest BCUT2D eigenvalue weighted by Gasteiger charge is 2.23. The summed E-state index contributed by atoms with van der Waals surface area (Å²) < 4.78 is 0. The van der Waals surface area contributed by atoms with Crippen molar-refractivity contribution >= 4 is 47.0 Å². The Morgan fingerprint density at radius 3 is 2.57 bits per heavy atom. The van der Waals surface area contributed by atoms with Crippen LogP contribution < -0.4 is 11.1 Å². The minimum absolute atomic E-state index is 0. The quantitative estimate of drug-likeness (QED) is 0.419. The number of hydrogen-bond acceptors (Lipinski definition) is 3. The van der Waals surface area contributed by atoms with E-state index in [0.717, 1.165) is 18.8 Å². The van der Waals surface area contributed by atoms with Gasteiger partial charge in [-0.05, 0) is 49.5 Å². The Bertz CT molecular complexity index is 594. The molecular formula is C17H23IN4S. The molecular weight excluding hydrogens is 419 g/mol. The Kier molecular flexibility index (Phi) is 7.32. The van der Waals surface area contributed by atoms with Crippen LogP contribution in [0.25, 0.3) is 0 Å². The number of halogens is 1. The molecule has 2 heterocycles. The summed E-state index contributed by atoms with van der Waals surface area (Å²) in [5, 5.41) is 5.28. The maximum Gasteiger partial charge on any atom is 0.193 e. The van der Waals surface area contributed by atoms with Crippen LogP contribution >= 0.6 is 35.3 Å². The maximum absolute atomic E-state index is 6.03. The lowest BCUT2D eigenvalue weighted by Crippen LogP contribution is -2.29. The SMILES string of the molecule is I.NC(=NCC(c1cccs1)N1CCCC1)Nc1ccccc1. The molecule has 1 fully saturated rings. The van der Waals surface area contributed by atoms with E-state index in [1.807, 2.05) is 30.3 Å². The van der Waals surface area contributed by atoms with Crippen molar-refractivity contribution < 1.29 is 0 Å². The largest absolute Gasteiger partial charge is 0.370 e. The zero-order valence-electron chi connectivity index (χ0n) is 13.0. The van der Waals surface area contributed by atoms with Crippen molar-refractivity contribution in [3.8, 4) is 0 Å². The molecule has 6 heteroatoms. The fraction of sp³-hybridized carbons (Fsp3) is 0.353. The van der Waals surface area contributed by atoms with Crippen LogP contribution in [0.2, 0.25) is 0 Å². The van der Waals surface area contributed by atoms with Crippen LogP contribution in [0.1, 0.15) is 23.8 Å². The van der Waals surface area contributed by atoms with Gasteiger partial charge < -0.3 is 11.1 Å². The second kappa shape index (κ2) is 9.24. The fourth-order valence-electron chi connectivity index (χ4n) is 2.81. The molecule has 1 saturated heterocycles. The number of nitrogens with one attached hydrogen (secondary N) is 1. The monoisotopic (exact) mass is 442 g/mol. The number of likely N-dealkylation sites (tertiary alicyclic amines) is 1. The number of para-hydroxylation sites is 1. The number of hydrogen-bond donors (Lipinski definition) is 2. The molecule has 0 aliphatic carbocycles. The molecule has 124 valence electrons. The Morgan fingerprint density at radius 2 is 1.91 bits per heavy atom. The second-order valence-electron chi connectivity index (χ2n) is 5.49. The zero-order chi connectivity index (χ0) is 15.2. The van der Waals surface area contributed by atoms with Crippen molar-refractivity contribution in [3.63, 3.8) is 0 Å². The van der Waals surface area contributed by atoms with Gasteiger partial charge in [-0.25, -0.2) is 0 Å². The van der Waals surface area contributed by atoms with Gasteiger partial charge in [0.05, 0.1) is 12.6 Å². The first-order chi connectivity index (χ1) is 10.8. The van der Waals surface area contributed by atoms with Gasteiger partial charge >= 0.3 is 0 Å². The van der Waals surface area contributed by atoms with Crippen LogP contribution in [0.4, 0.5) is 5.69 Å². The van der Waals surface area contributed by atoms with Crippen molar-refractivity contribution in [3.05, 3.63) is 52.7 Å². The number of guanidine groups is 1. The van der Waals surface area contributed by atoms with E-state index >= 15 is 0 Å². The Labute approximate surface area is 158 Å². The molecule has 1 unspecified atom stereocenters. The average molecular weight is 442 g/mol. The molecule has 0 bridgehead atoms. The Hall–Kier alpha value is -1.12. The maximum atomic E-state index is 6.03. The summed E-state index contributed by atoms with van der Waals surface area (Å²) in [6.07, 6.45) is 2.56. The molecule has 1 aliphatic heterocycles. The third-order valence-electron chi connectivity index (χ3n) is 3.93. The molecule has 4 nitrogen and oxygen atoms in total. The van der Waals surface area contributed by atoms with E-state index in [-0.39, 0.29) is 24.0 Å². The van der Waals surface area contributed by atoms with Crippen molar-refractivity contribution in [2.75, 3.05) is 25.0 Å². The van der Waals surface area contributed by atoms with E-state index in [1.54, 1.807) is 11.3 Å². The summed E-state index contributed by atoms with van der Waals surface area (Å²) >= 11 is 1.80. The van der Waals surface area contributed by atoms with Crippen LogP contribution in [0.15, 0.2) is 52.8 Å². The van der Waals surface area contributed by atoms with Crippen molar-refractivity contribution in [2.45, 2.75) is 18.9 Å². The average Bonchev–Trinajstić information content (AvgIpc) is 3.22. The standard InChI is InChI=1S/C17H22N4S.HI/c18-17(20-14-7-2-1-3-8-14)19-13-15(16-9-6-12-22-16)21-10-4-5-11-21;/h1-3,6-9,12,15H,4-5,10-11,13H2,(H3,18,19,20);1H. The molecule has 2 aromatic rings. The van der Waals surface area contributed by atoms with Gasteiger partial charge in [-0.2, -0.15) is 0 Å². The summed E-state index contributed by atoms with van der Waals surface area (Å²) in [5.74, 6) is 0.479. The summed E-state index contributed by atoms with van der Waals surface area (Å²) in [6, 6.07) is 14.6. The number of anilines is 1. The summed E-state index contributed by atoms with van der Waals surface area (Å²) in [6.45, 7) is 3.01. The predicted octanol–water partition coefficient (Wildman–Crippen LogP) is 3.93. The Morgan fingerprint density at radius 1 is 1.17 bits per heavy atom. The van der Waals surface area contributed by atoms with Gasteiger partial charge in [0.2, 0.25) is 0 Å². The lowest BCUT2D eigenvalue weighted by molar-refractivity contribution is 0.255. The van der Waals surface area contributed by atoms with E-state index in [9.17, 15) is 0 Å². The molecule has 0 spiro atoms. The molecule has 1 aromatic carbocycles. The van der Waals surface area contributed by atoms with Crippen molar-refractivity contribution in [2.24, 2.45) is 10.7 Å². The molecule has 0 radical (unpaired) electrons.